The second-order valence-corrected chi connectivity index (χ2v) is 8.81. The molecule has 0 bridgehead atoms. The highest BCUT2D eigenvalue weighted by atomic mass is 16.8. The zero-order chi connectivity index (χ0) is 25.3. The van der Waals surface area contributed by atoms with E-state index in [-0.39, 0.29) is 12.6 Å². The second kappa shape index (κ2) is 14.6. The van der Waals surface area contributed by atoms with Crippen LogP contribution in [-0.2, 0) is 28.5 Å². The molecule has 200 valence electrons. The number of hydrogen-bond acceptors (Lipinski definition) is 12. The Morgan fingerprint density at radius 3 is 2.09 bits per heavy atom. The molecule has 2 aliphatic heterocycles. The van der Waals surface area contributed by atoms with E-state index in [1.54, 1.807) is 6.92 Å². The molecule has 2 saturated heterocycles. The maximum Gasteiger partial charge on any atom is 0.305 e. The molecule has 10 atom stereocenters. The van der Waals surface area contributed by atoms with Crippen molar-refractivity contribution < 1.29 is 59.1 Å². The average Bonchev–Trinajstić information content (AvgIpc) is 2.83. The Hall–Kier alpha value is -0.930. The van der Waals surface area contributed by atoms with E-state index < -0.39 is 68.0 Å². The molecule has 6 N–H and O–H groups in total. The third-order valence-corrected chi connectivity index (χ3v) is 6.21. The van der Waals surface area contributed by atoms with Crippen LogP contribution in [0.15, 0.2) is 0 Å². The van der Waals surface area contributed by atoms with E-state index in [2.05, 4.69) is 4.74 Å². The van der Waals surface area contributed by atoms with Crippen molar-refractivity contribution in [2.24, 2.45) is 0 Å². The smallest absolute Gasteiger partial charge is 0.305 e. The normalized spacial score (nSPS) is 38.6. The van der Waals surface area contributed by atoms with Crippen molar-refractivity contribution in [3.8, 4) is 0 Å². The summed E-state index contributed by atoms with van der Waals surface area (Å²) in [4.78, 5) is 11.1. The summed E-state index contributed by atoms with van der Waals surface area (Å²) in [5, 5.41) is 60.2. The molecule has 0 aromatic carbocycles. The van der Waals surface area contributed by atoms with Crippen LogP contribution in [0.5, 0.6) is 0 Å². The van der Waals surface area contributed by atoms with Gasteiger partial charge in [0.1, 0.15) is 42.7 Å². The van der Waals surface area contributed by atoms with Crippen molar-refractivity contribution in [1.82, 2.24) is 0 Å². The number of ether oxygens (including phenoxy) is 5. The molecule has 12 heteroatoms. The molecule has 12 nitrogen and oxygen atoms in total. The maximum atomic E-state index is 11.1. The number of rotatable bonds is 13. The van der Waals surface area contributed by atoms with Gasteiger partial charge in [0.15, 0.2) is 12.6 Å². The summed E-state index contributed by atoms with van der Waals surface area (Å²) in [5.41, 5.74) is 0. The van der Waals surface area contributed by atoms with Gasteiger partial charge < -0.3 is 54.3 Å². The number of carbonyl (C=O) groups is 1. The minimum atomic E-state index is -1.67. The molecule has 0 unspecified atom stereocenters. The van der Waals surface area contributed by atoms with E-state index >= 15 is 0 Å². The lowest BCUT2D eigenvalue weighted by Crippen LogP contribution is -2.64. The fraction of sp³-hybridized carbons (Fsp3) is 0.955. The highest BCUT2D eigenvalue weighted by molar-refractivity contribution is 5.68. The average molecular weight is 497 g/mol. The first-order valence-electron chi connectivity index (χ1n) is 11.9. The summed E-state index contributed by atoms with van der Waals surface area (Å²) >= 11 is 0. The van der Waals surface area contributed by atoms with E-state index in [1.165, 1.54) is 7.11 Å². The number of hydrogen-bond donors (Lipinski definition) is 6. The molecule has 0 radical (unpaired) electrons. The number of unbranched alkanes of at least 4 members (excludes halogenated alkanes) is 5. The third-order valence-electron chi connectivity index (χ3n) is 6.21. The standard InChI is InChI=1S/C22H40O12/c1-12-15(25)18(28)20(34-21-19(29)17(27)16(26)13(11-23)33-21)22(32-12)31-10-8-6-4-3-5-7-9-14(24)30-2/h12-13,15-23,25-29H,3-11H2,1-2H3/t12-,13-,15-,16-,17+,18+,19-,20-,21+,22+/m1/s1. The zero-order valence-corrected chi connectivity index (χ0v) is 19.8. The fourth-order valence-electron chi connectivity index (χ4n) is 4.00. The SMILES string of the molecule is COC(=O)CCCCCCCCO[C@H]1O[C@H](C)[C@@H](O)[C@H](O)[C@H]1O[C@@H]1O[C@H](CO)[C@@H](O)[C@H](O)[C@H]1O. The number of aliphatic hydroxyl groups excluding tert-OH is 6. The van der Waals surface area contributed by atoms with Crippen molar-refractivity contribution in [2.75, 3.05) is 20.3 Å². The van der Waals surface area contributed by atoms with Gasteiger partial charge in [-0.1, -0.05) is 25.7 Å². The zero-order valence-electron chi connectivity index (χ0n) is 19.8. The van der Waals surface area contributed by atoms with Gasteiger partial charge in [0.05, 0.1) is 19.8 Å². The minimum absolute atomic E-state index is 0.206. The van der Waals surface area contributed by atoms with Crippen molar-refractivity contribution >= 4 is 5.97 Å². The quantitative estimate of drug-likeness (QED) is 0.129. The Morgan fingerprint density at radius 2 is 1.44 bits per heavy atom. The first-order valence-corrected chi connectivity index (χ1v) is 11.9. The van der Waals surface area contributed by atoms with E-state index in [4.69, 9.17) is 18.9 Å². The van der Waals surface area contributed by atoms with Gasteiger partial charge in [-0.15, -0.1) is 0 Å². The van der Waals surface area contributed by atoms with Gasteiger partial charge in [0.25, 0.3) is 0 Å². The lowest BCUT2D eigenvalue weighted by Gasteiger charge is -2.45. The second-order valence-electron chi connectivity index (χ2n) is 8.81. The molecule has 0 spiro atoms. The Bertz CT molecular complexity index is 590. The van der Waals surface area contributed by atoms with Crippen LogP contribution < -0.4 is 0 Å². The Balaban J connectivity index is 1.82. The van der Waals surface area contributed by atoms with Crippen LogP contribution >= 0.6 is 0 Å². The first-order chi connectivity index (χ1) is 16.2. The minimum Gasteiger partial charge on any atom is -0.469 e. The van der Waals surface area contributed by atoms with Crippen LogP contribution in [0, 0.1) is 0 Å². The van der Waals surface area contributed by atoms with Crippen molar-refractivity contribution in [2.45, 2.75) is 113 Å². The molecular weight excluding hydrogens is 456 g/mol. The van der Waals surface area contributed by atoms with E-state index in [9.17, 15) is 35.4 Å². The van der Waals surface area contributed by atoms with Gasteiger partial charge in [-0.05, 0) is 19.8 Å². The molecule has 34 heavy (non-hydrogen) atoms. The summed E-state index contributed by atoms with van der Waals surface area (Å²) in [6.45, 7) is 1.23. The van der Waals surface area contributed by atoms with Gasteiger partial charge in [0.2, 0.25) is 0 Å². The third kappa shape index (κ3) is 8.05. The van der Waals surface area contributed by atoms with Crippen LogP contribution in [-0.4, -0.2) is 118 Å². The lowest BCUT2D eigenvalue weighted by molar-refractivity contribution is -0.364. The monoisotopic (exact) mass is 496 g/mol. The number of esters is 1. The van der Waals surface area contributed by atoms with E-state index in [0.717, 1.165) is 32.1 Å². The first kappa shape index (κ1) is 29.3. The van der Waals surface area contributed by atoms with Crippen molar-refractivity contribution in [1.29, 1.82) is 0 Å². The lowest BCUT2D eigenvalue weighted by atomic mass is 9.97. The Morgan fingerprint density at radius 1 is 0.794 bits per heavy atom. The van der Waals surface area contributed by atoms with Crippen LogP contribution in [0.4, 0.5) is 0 Å². The summed E-state index contributed by atoms with van der Waals surface area (Å²) in [5.74, 6) is -0.206. The topological polar surface area (TPSA) is 185 Å². The van der Waals surface area contributed by atoms with Crippen LogP contribution in [0.2, 0.25) is 0 Å². The van der Waals surface area contributed by atoms with Gasteiger partial charge in [-0.3, -0.25) is 4.79 Å². The van der Waals surface area contributed by atoms with Gasteiger partial charge in [0, 0.05) is 13.0 Å². The van der Waals surface area contributed by atoms with Gasteiger partial charge in [-0.2, -0.15) is 0 Å². The molecular formula is C22H40O12. The molecule has 2 heterocycles. The molecule has 0 aromatic heterocycles. The van der Waals surface area contributed by atoms with Crippen molar-refractivity contribution in [3.05, 3.63) is 0 Å². The predicted octanol–water partition coefficient (Wildman–Crippen LogP) is -1.44. The van der Waals surface area contributed by atoms with Gasteiger partial charge >= 0.3 is 5.97 Å². The van der Waals surface area contributed by atoms with E-state index in [0.29, 0.717) is 12.8 Å². The molecule has 0 aromatic rings. The van der Waals surface area contributed by atoms with Gasteiger partial charge in [-0.25, -0.2) is 0 Å². The summed E-state index contributed by atoms with van der Waals surface area (Å²) in [7, 11) is 1.37. The fourth-order valence-corrected chi connectivity index (χ4v) is 4.00. The van der Waals surface area contributed by atoms with Crippen LogP contribution in [0.25, 0.3) is 0 Å². The summed E-state index contributed by atoms with van der Waals surface area (Å²) in [6.07, 6.45) is -7.71. The Kier molecular flexibility index (Phi) is 12.6. The van der Waals surface area contributed by atoms with E-state index in [1.807, 2.05) is 0 Å². The Labute approximate surface area is 199 Å². The molecule has 2 rings (SSSR count). The predicted molar refractivity (Wildman–Crippen MR) is 115 cm³/mol. The summed E-state index contributed by atoms with van der Waals surface area (Å²) < 4.78 is 27.0. The molecule has 0 saturated carbocycles. The maximum absolute atomic E-state index is 11.1. The van der Waals surface area contributed by atoms with Crippen LogP contribution in [0.1, 0.15) is 51.9 Å². The highest BCUT2D eigenvalue weighted by Gasteiger charge is 2.50. The number of carbonyl (C=O) groups excluding carboxylic acids is 1. The molecule has 0 amide bonds. The molecule has 0 aliphatic carbocycles. The number of methoxy groups -OCH3 is 1. The highest BCUT2D eigenvalue weighted by Crippen LogP contribution is 2.29. The summed E-state index contributed by atoms with van der Waals surface area (Å²) in [6, 6.07) is 0. The number of aliphatic hydroxyl groups is 6. The van der Waals surface area contributed by atoms with Crippen molar-refractivity contribution in [3.63, 3.8) is 0 Å². The molecule has 2 fully saturated rings. The molecule has 2 aliphatic rings. The largest absolute Gasteiger partial charge is 0.469 e. The van der Waals surface area contributed by atoms with Crippen LogP contribution in [0.3, 0.4) is 0 Å².